The fraction of sp³-hybridized carbons (Fsp3) is 0.240. The minimum Gasteiger partial charge on any atom is -0.454 e. The van der Waals surface area contributed by atoms with Crippen LogP contribution in [0.3, 0.4) is 0 Å². The second-order valence-corrected chi connectivity index (χ2v) is 7.90. The Morgan fingerprint density at radius 2 is 1.83 bits per heavy atom. The summed E-state index contributed by atoms with van der Waals surface area (Å²) in [5.41, 5.74) is 6.97. The first-order valence-corrected chi connectivity index (χ1v) is 10.7. The van der Waals surface area contributed by atoms with Gasteiger partial charge in [0.15, 0.2) is 11.5 Å². The van der Waals surface area contributed by atoms with Crippen molar-refractivity contribution in [2.45, 2.75) is 33.2 Å². The molecule has 0 amide bonds. The van der Waals surface area contributed by atoms with E-state index in [1.165, 1.54) is 16.7 Å². The third-order valence-corrected chi connectivity index (χ3v) is 6.18. The molecule has 0 fully saturated rings. The summed E-state index contributed by atoms with van der Waals surface area (Å²) in [6, 6.07) is 14.6. The van der Waals surface area contributed by atoms with Crippen LogP contribution < -0.4 is 9.47 Å². The molecule has 4 aromatic rings. The van der Waals surface area contributed by atoms with Crippen molar-refractivity contribution in [1.82, 2.24) is 9.55 Å². The molecule has 0 unspecified atom stereocenters. The third-order valence-electron chi connectivity index (χ3n) is 5.83. The van der Waals surface area contributed by atoms with Crippen LogP contribution in [0.5, 0.6) is 11.5 Å². The van der Waals surface area contributed by atoms with Gasteiger partial charge in [-0.15, -0.1) is 0 Å². The van der Waals surface area contributed by atoms with Gasteiger partial charge < -0.3 is 14.0 Å². The first-order chi connectivity index (χ1) is 14.7. The minimum atomic E-state index is 0.233. The van der Waals surface area contributed by atoms with Gasteiger partial charge >= 0.3 is 0 Å². The van der Waals surface area contributed by atoms with E-state index in [4.69, 9.17) is 26.1 Å². The topological polar surface area (TPSA) is 36.3 Å². The number of aromatic nitrogens is 2. The van der Waals surface area contributed by atoms with Crippen LogP contribution in [-0.2, 0) is 19.4 Å². The van der Waals surface area contributed by atoms with Gasteiger partial charge in [-0.1, -0.05) is 43.6 Å². The van der Waals surface area contributed by atoms with E-state index in [1.807, 2.05) is 18.3 Å². The SMILES string of the molecule is CCc1cccc(CC)c1-c1cc2ccn(Cc3c(Cl)ccc4c3OCO4)c2cn1. The van der Waals surface area contributed by atoms with Crippen molar-refractivity contribution in [2.75, 3.05) is 6.79 Å². The van der Waals surface area contributed by atoms with Gasteiger partial charge in [-0.25, -0.2) is 0 Å². The normalized spacial score (nSPS) is 12.6. The van der Waals surface area contributed by atoms with Gasteiger partial charge in [0.1, 0.15) is 0 Å². The molecule has 152 valence electrons. The molecule has 0 bridgehead atoms. The Hall–Kier alpha value is -2.98. The Bertz CT molecular complexity index is 1220. The van der Waals surface area contributed by atoms with Gasteiger partial charge in [0.2, 0.25) is 6.79 Å². The number of hydrogen-bond acceptors (Lipinski definition) is 3. The Balaban J connectivity index is 1.56. The Labute approximate surface area is 181 Å². The van der Waals surface area contributed by atoms with Crippen LogP contribution in [0.2, 0.25) is 5.02 Å². The molecule has 0 spiro atoms. The lowest BCUT2D eigenvalue weighted by atomic mass is 9.94. The molecule has 0 saturated carbocycles. The van der Waals surface area contributed by atoms with Crippen molar-refractivity contribution in [3.05, 3.63) is 76.6 Å². The standard InChI is InChI=1S/C25H23ClN2O2/c1-3-16-6-5-7-17(4-2)24(16)21-12-18-10-11-28(22(18)13-27-21)14-19-20(26)8-9-23-25(19)30-15-29-23/h5-13H,3-4,14-15H2,1-2H3. The summed E-state index contributed by atoms with van der Waals surface area (Å²) in [7, 11) is 0. The molecule has 1 aliphatic heterocycles. The van der Waals surface area contributed by atoms with Crippen molar-refractivity contribution in [3.8, 4) is 22.8 Å². The molecular formula is C25H23ClN2O2. The highest BCUT2D eigenvalue weighted by atomic mass is 35.5. The fourth-order valence-corrected chi connectivity index (χ4v) is 4.47. The smallest absolute Gasteiger partial charge is 0.231 e. The molecule has 30 heavy (non-hydrogen) atoms. The molecule has 2 aromatic heterocycles. The molecule has 0 radical (unpaired) electrons. The number of fused-ring (bicyclic) bond motifs is 2. The Morgan fingerprint density at radius 3 is 2.60 bits per heavy atom. The molecule has 1 aliphatic rings. The third kappa shape index (κ3) is 3.12. The van der Waals surface area contributed by atoms with E-state index < -0.39 is 0 Å². The molecular weight excluding hydrogens is 396 g/mol. The number of aryl methyl sites for hydroxylation is 2. The molecule has 3 heterocycles. The summed E-state index contributed by atoms with van der Waals surface area (Å²) in [6.07, 6.45) is 6.02. The molecule has 0 N–H and O–H groups in total. The highest BCUT2D eigenvalue weighted by Crippen LogP contribution is 2.40. The zero-order valence-corrected chi connectivity index (χ0v) is 17.9. The van der Waals surface area contributed by atoms with E-state index in [1.54, 1.807) is 0 Å². The largest absolute Gasteiger partial charge is 0.454 e. The number of benzene rings is 2. The zero-order chi connectivity index (χ0) is 20.7. The van der Waals surface area contributed by atoms with Gasteiger partial charge in [-0.3, -0.25) is 4.98 Å². The zero-order valence-electron chi connectivity index (χ0n) is 17.1. The van der Waals surface area contributed by atoms with E-state index in [9.17, 15) is 0 Å². The number of pyridine rings is 1. The van der Waals surface area contributed by atoms with E-state index in [0.29, 0.717) is 11.6 Å². The average Bonchev–Trinajstić information content (AvgIpc) is 3.41. The Morgan fingerprint density at radius 1 is 1.03 bits per heavy atom. The number of nitrogens with zero attached hydrogens (tertiary/aromatic N) is 2. The van der Waals surface area contributed by atoms with Crippen LogP contribution in [0.4, 0.5) is 0 Å². The lowest BCUT2D eigenvalue weighted by Gasteiger charge is -2.13. The first kappa shape index (κ1) is 19.0. The van der Waals surface area contributed by atoms with E-state index in [-0.39, 0.29) is 6.79 Å². The maximum Gasteiger partial charge on any atom is 0.231 e. The first-order valence-electron chi connectivity index (χ1n) is 10.3. The number of halogens is 1. The van der Waals surface area contributed by atoms with Crippen LogP contribution in [-0.4, -0.2) is 16.3 Å². The van der Waals surface area contributed by atoms with Crippen molar-refractivity contribution < 1.29 is 9.47 Å². The minimum absolute atomic E-state index is 0.233. The quantitative estimate of drug-likeness (QED) is 0.384. The number of hydrogen-bond donors (Lipinski definition) is 0. The lowest BCUT2D eigenvalue weighted by molar-refractivity contribution is 0.173. The maximum atomic E-state index is 6.48. The second kappa shape index (κ2) is 7.69. The van der Waals surface area contributed by atoms with Gasteiger partial charge in [0.05, 0.1) is 24.0 Å². The molecule has 5 rings (SSSR count). The van der Waals surface area contributed by atoms with Crippen molar-refractivity contribution in [3.63, 3.8) is 0 Å². The van der Waals surface area contributed by atoms with Crippen LogP contribution in [0.15, 0.2) is 54.9 Å². The van der Waals surface area contributed by atoms with Gasteiger partial charge in [0, 0.05) is 27.7 Å². The van der Waals surface area contributed by atoms with Crippen LogP contribution in [0.1, 0.15) is 30.5 Å². The summed E-state index contributed by atoms with van der Waals surface area (Å²) < 4.78 is 13.3. The van der Waals surface area contributed by atoms with E-state index in [0.717, 1.165) is 46.5 Å². The Kier molecular flexibility index (Phi) is 4.87. The monoisotopic (exact) mass is 418 g/mol. The predicted molar refractivity (Wildman–Crippen MR) is 121 cm³/mol. The predicted octanol–water partition coefficient (Wildman–Crippen LogP) is 6.26. The summed E-state index contributed by atoms with van der Waals surface area (Å²) >= 11 is 6.48. The molecule has 5 heteroatoms. The van der Waals surface area contributed by atoms with E-state index >= 15 is 0 Å². The maximum absolute atomic E-state index is 6.48. The summed E-state index contributed by atoms with van der Waals surface area (Å²) in [4.78, 5) is 4.85. The summed E-state index contributed by atoms with van der Waals surface area (Å²) in [6.45, 7) is 5.22. The molecule has 0 atom stereocenters. The van der Waals surface area contributed by atoms with Gasteiger partial charge in [0.25, 0.3) is 0 Å². The molecule has 2 aromatic carbocycles. The summed E-state index contributed by atoms with van der Waals surface area (Å²) in [5, 5.41) is 1.84. The lowest BCUT2D eigenvalue weighted by Crippen LogP contribution is -2.02. The van der Waals surface area contributed by atoms with Crippen molar-refractivity contribution >= 4 is 22.5 Å². The number of ether oxygens (including phenoxy) is 2. The highest BCUT2D eigenvalue weighted by Gasteiger charge is 2.21. The van der Waals surface area contributed by atoms with Gasteiger partial charge in [-0.2, -0.15) is 0 Å². The average molecular weight is 419 g/mol. The van der Waals surface area contributed by atoms with Crippen LogP contribution in [0, 0.1) is 0 Å². The number of rotatable bonds is 5. The molecule has 0 aliphatic carbocycles. The van der Waals surface area contributed by atoms with Crippen molar-refractivity contribution in [2.24, 2.45) is 0 Å². The highest BCUT2D eigenvalue weighted by molar-refractivity contribution is 6.31. The van der Waals surface area contributed by atoms with Gasteiger partial charge in [-0.05, 0) is 48.2 Å². The molecule has 4 nitrogen and oxygen atoms in total. The van der Waals surface area contributed by atoms with E-state index in [2.05, 4.69) is 54.9 Å². The van der Waals surface area contributed by atoms with Crippen molar-refractivity contribution in [1.29, 1.82) is 0 Å². The second-order valence-electron chi connectivity index (χ2n) is 7.49. The fourth-order valence-electron chi connectivity index (χ4n) is 4.26. The summed E-state index contributed by atoms with van der Waals surface area (Å²) in [5.74, 6) is 1.48. The molecule has 0 saturated heterocycles. The van der Waals surface area contributed by atoms with Crippen LogP contribution in [0.25, 0.3) is 22.2 Å². The van der Waals surface area contributed by atoms with Crippen LogP contribution >= 0.6 is 11.6 Å².